The minimum atomic E-state index is 0.0911. The molecule has 1 spiro atoms. The number of nitrogens with zero attached hydrogens (tertiary/aromatic N) is 1. The standard InChI is InChI=1S/C20H21ClN2O/c1-24-11-8-14-4-6-15(7-5-14)16-12-22-19-17(18(16)21)20(13-23-19)9-2-3-10-20/h2-7,12H,8-11,13H2,1H3,(H,22,23). The van der Waals surface area contributed by atoms with Crippen LogP contribution in [0.2, 0.25) is 5.02 Å². The van der Waals surface area contributed by atoms with Gasteiger partial charge in [-0.25, -0.2) is 4.98 Å². The van der Waals surface area contributed by atoms with E-state index in [-0.39, 0.29) is 5.41 Å². The van der Waals surface area contributed by atoms with Crippen LogP contribution in [0.5, 0.6) is 0 Å². The van der Waals surface area contributed by atoms with E-state index in [1.807, 2.05) is 6.20 Å². The second kappa shape index (κ2) is 6.23. The maximum absolute atomic E-state index is 6.85. The van der Waals surface area contributed by atoms with Gasteiger partial charge in [0.25, 0.3) is 0 Å². The Labute approximate surface area is 147 Å². The van der Waals surface area contributed by atoms with Crippen LogP contribution < -0.4 is 5.32 Å². The Morgan fingerprint density at radius 1 is 1.21 bits per heavy atom. The van der Waals surface area contributed by atoms with Crippen molar-refractivity contribution in [2.75, 3.05) is 25.6 Å². The Balaban J connectivity index is 1.70. The van der Waals surface area contributed by atoms with Crippen molar-refractivity contribution in [1.82, 2.24) is 4.98 Å². The fraction of sp³-hybridized carbons (Fsp3) is 0.350. The molecule has 4 heteroatoms. The molecule has 1 aromatic heterocycles. The van der Waals surface area contributed by atoms with Crippen molar-refractivity contribution in [3.05, 3.63) is 58.8 Å². The Bertz CT molecular complexity index is 775. The van der Waals surface area contributed by atoms with Crippen molar-refractivity contribution in [2.45, 2.75) is 24.7 Å². The number of hydrogen-bond acceptors (Lipinski definition) is 3. The molecule has 1 N–H and O–H groups in total. The molecule has 0 saturated carbocycles. The molecular weight excluding hydrogens is 320 g/mol. The molecule has 4 rings (SSSR count). The van der Waals surface area contributed by atoms with Crippen molar-refractivity contribution < 1.29 is 4.74 Å². The Morgan fingerprint density at radius 3 is 2.67 bits per heavy atom. The first-order valence-electron chi connectivity index (χ1n) is 8.40. The summed E-state index contributed by atoms with van der Waals surface area (Å²) in [4.78, 5) is 4.64. The number of hydrogen-bond donors (Lipinski definition) is 1. The summed E-state index contributed by atoms with van der Waals surface area (Å²) >= 11 is 6.85. The molecule has 2 aliphatic rings. The van der Waals surface area contributed by atoms with Crippen LogP contribution in [-0.4, -0.2) is 25.2 Å². The van der Waals surface area contributed by atoms with Crippen molar-refractivity contribution in [2.24, 2.45) is 0 Å². The molecule has 24 heavy (non-hydrogen) atoms. The molecule has 1 aliphatic carbocycles. The number of aromatic nitrogens is 1. The van der Waals surface area contributed by atoms with E-state index in [1.165, 1.54) is 11.1 Å². The zero-order valence-corrected chi connectivity index (χ0v) is 14.6. The SMILES string of the molecule is COCCc1ccc(-c2cnc3c(c2Cl)C2(CC=CC2)CN3)cc1. The molecule has 0 unspecified atom stereocenters. The lowest BCUT2D eigenvalue weighted by molar-refractivity contribution is 0.202. The molecule has 1 aliphatic heterocycles. The highest BCUT2D eigenvalue weighted by molar-refractivity contribution is 6.34. The van der Waals surface area contributed by atoms with E-state index in [9.17, 15) is 0 Å². The van der Waals surface area contributed by atoms with Gasteiger partial charge in [-0.2, -0.15) is 0 Å². The zero-order valence-electron chi connectivity index (χ0n) is 13.8. The predicted octanol–water partition coefficient (Wildman–Crippen LogP) is 4.60. The fourth-order valence-corrected chi connectivity index (χ4v) is 4.22. The van der Waals surface area contributed by atoms with Crippen LogP contribution in [0, 0.1) is 0 Å². The number of rotatable bonds is 4. The Kier molecular flexibility index (Phi) is 4.07. The van der Waals surface area contributed by atoms with Gasteiger partial charge in [0.15, 0.2) is 0 Å². The average Bonchev–Trinajstić information content (AvgIpc) is 3.23. The van der Waals surface area contributed by atoms with Crippen LogP contribution in [0.4, 0.5) is 5.82 Å². The van der Waals surface area contributed by atoms with Gasteiger partial charge in [0, 0.05) is 36.4 Å². The zero-order chi connectivity index (χ0) is 16.6. The summed E-state index contributed by atoms with van der Waals surface area (Å²) in [6, 6.07) is 8.54. The van der Waals surface area contributed by atoms with E-state index in [4.69, 9.17) is 16.3 Å². The lowest BCUT2D eigenvalue weighted by Crippen LogP contribution is -2.25. The molecule has 3 nitrogen and oxygen atoms in total. The van der Waals surface area contributed by atoms with E-state index in [1.54, 1.807) is 7.11 Å². The maximum Gasteiger partial charge on any atom is 0.131 e. The van der Waals surface area contributed by atoms with E-state index >= 15 is 0 Å². The number of anilines is 1. The highest BCUT2D eigenvalue weighted by atomic mass is 35.5. The molecular formula is C20H21ClN2O. The predicted molar refractivity (Wildman–Crippen MR) is 98.8 cm³/mol. The first-order valence-corrected chi connectivity index (χ1v) is 8.77. The van der Waals surface area contributed by atoms with E-state index in [0.717, 1.165) is 54.4 Å². The number of allylic oxidation sites excluding steroid dienone is 2. The third kappa shape index (κ3) is 2.52. The number of benzene rings is 1. The van der Waals surface area contributed by atoms with Gasteiger partial charge in [-0.15, -0.1) is 0 Å². The fourth-order valence-electron chi connectivity index (χ4n) is 3.77. The van der Waals surface area contributed by atoms with E-state index in [2.05, 4.69) is 46.7 Å². The first-order chi connectivity index (χ1) is 11.7. The largest absolute Gasteiger partial charge is 0.384 e. The highest BCUT2D eigenvalue weighted by Crippen LogP contribution is 2.49. The van der Waals surface area contributed by atoms with Crippen molar-refractivity contribution in [1.29, 1.82) is 0 Å². The van der Waals surface area contributed by atoms with Gasteiger partial charge in [-0.1, -0.05) is 48.0 Å². The smallest absolute Gasteiger partial charge is 0.131 e. The van der Waals surface area contributed by atoms with Gasteiger partial charge in [-0.05, 0) is 30.4 Å². The number of halogens is 1. The van der Waals surface area contributed by atoms with Gasteiger partial charge < -0.3 is 10.1 Å². The van der Waals surface area contributed by atoms with E-state index in [0.29, 0.717) is 0 Å². The molecule has 0 fully saturated rings. The summed E-state index contributed by atoms with van der Waals surface area (Å²) in [6.07, 6.45) is 9.39. The lowest BCUT2D eigenvalue weighted by atomic mass is 9.80. The highest BCUT2D eigenvalue weighted by Gasteiger charge is 2.42. The number of pyridine rings is 1. The molecule has 0 radical (unpaired) electrons. The van der Waals surface area contributed by atoms with Crippen LogP contribution in [0.1, 0.15) is 24.0 Å². The Hall–Kier alpha value is -1.84. The second-order valence-electron chi connectivity index (χ2n) is 6.66. The molecule has 0 amide bonds. The molecule has 2 heterocycles. The summed E-state index contributed by atoms with van der Waals surface area (Å²) in [5.74, 6) is 0.948. The summed E-state index contributed by atoms with van der Waals surface area (Å²) < 4.78 is 5.14. The number of ether oxygens (including phenoxy) is 1. The van der Waals surface area contributed by atoms with Gasteiger partial charge in [0.1, 0.15) is 5.82 Å². The van der Waals surface area contributed by atoms with Gasteiger partial charge in [0.05, 0.1) is 11.6 Å². The normalized spacial score (nSPS) is 17.2. The minimum Gasteiger partial charge on any atom is -0.384 e. The van der Waals surface area contributed by atoms with E-state index < -0.39 is 0 Å². The van der Waals surface area contributed by atoms with Crippen molar-refractivity contribution in [3.8, 4) is 11.1 Å². The van der Waals surface area contributed by atoms with Crippen LogP contribution >= 0.6 is 11.6 Å². The summed E-state index contributed by atoms with van der Waals surface area (Å²) in [7, 11) is 1.73. The number of methoxy groups -OCH3 is 1. The van der Waals surface area contributed by atoms with Crippen LogP contribution in [0.25, 0.3) is 11.1 Å². The van der Waals surface area contributed by atoms with Crippen molar-refractivity contribution >= 4 is 17.4 Å². The van der Waals surface area contributed by atoms with Crippen LogP contribution in [-0.2, 0) is 16.6 Å². The number of fused-ring (bicyclic) bond motifs is 2. The second-order valence-corrected chi connectivity index (χ2v) is 7.04. The molecule has 0 saturated heterocycles. The minimum absolute atomic E-state index is 0.0911. The monoisotopic (exact) mass is 340 g/mol. The van der Waals surface area contributed by atoms with Gasteiger partial charge in [0.2, 0.25) is 0 Å². The molecule has 1 aromatic carbocycles. The molecule has 0 atom stereocenters. The average molecular weight is 341 g/mol. The molecule has 124 valence electrons. The van der Waals surface area contributed by atoms with Gasteiger partial charge >= 0.3 is 0 Å². The molecule has 2 aromatic rings. The quantitative estimate of drug-likeness (QED) is 0.826. The topological polar surface area (TPSA) is 34.1 Å². The maximum atomic E-state index is 6.85. The Morgan fingerprint density at radius 2 is 1.96 bits per heavy atom. The van der Waals surface area contributed by atoms with Crippen molar-refractivity contribution in [3.63, 3.8) is 0 Å². The van der Waals surface area contributed by atoms with Gasteiger partial charge in [-0.3, -0.25) is 0 Å². The third-order valence-electron chi connectivity index (χ3n) is 5.18. The van der Waals surface area contributed by atoms with Crippen LogP contribution in [0.3, 0.4) is 0 Å². The third-order valence-corrected chi connectivity index (χ3v) is 5.58. The summed E-state index contributed by atoms with van der Waals surface area (Å²) in [5, 5.41) is 4.28. The number of nitrogens with one attached hydrogen (secondary N) is 1. The summed E-state index contributed by atoms with van der Waals surface area (Å²) in [6.45, 7) is 1.66. The van der Waals surface area contributed by atoms with Crippen LogP contribution in [0.15, 0.2) is 42.6 Å². The summed E-state index contributed by atoms with van der Waals surface area (Å²) in [5.41, 5.74) is 4.68. The molecule has 0 bridgehead atoms. The lowest BCUT2D eigenvalue weighted by Gasteiger charge is -2.24. The first kappa shape index (κ1) is 15.7.